The van der Waals surface area contributed by atoms with Crippen molar-refractivity contribution < 1.29 is 14.3 Å². The van der Waals surface area contributed by atoms with Crippen molar-refractivity contribution in [3.8, 4) is 5.75 Å². The summed E-state index contributed by atoms with van der Waals surface area (Å²) in [6, 6.07) is 15.0. The molecule has 0 aliphatic carbocycles. The molecule has 1 atom stereocenters. The second kappa shape index (κ2) is 9.26. The van der Waals surface area contributed by atoms with Crippen molar-refractivity contribution in [2.75, 3.05) is 19.0 Å². The number of rotatable bonds is 6. The summed E-state index contributed by atoms with van der Waals surface area (Å²) in [7, 11) is 1.62. The predicted octanol–water partition coefficient (Wildman–Crippen LogP) is 4.01. The Bertz CT molecular complexity index is 1060. The molecule has 1 aliphatic rings. The molecule has 0 spiro atoms. The number of ether oxygens (including phenoxy) is 1. The van der Waals surface area contributed by atoms with Gasteiger partial charge in [-0.2, -0.15) is 0 Å². The van der Waals surface area contributed by atoms with Crippen molar-refractivity contribution in [1.29, 1.82) is 0 Å². The summed E-state index contributed by atoms with van der Waals surface area (Å²) in [5.41, 5.74) is 2.77. The van der Waals surface area contributed by atoms with Gasteiger partial charge in [0.05, 0.1) is 19.6 Å². The Hall–Kier alpha value is -3.26. The van der Waals surface area contributed by atoms with E-state index in [9.17, 15) is 9.59 Å². The summed E-state index contributed by atoms with van der Waals surface area (Å²) in [5, 5.41) is 12.2. The number of carbonyl (C=O) groups excluding carboxylic acids is 2. The molecule has 1 aromatic heterocycles. The number of benzene rings is 2. The number of methoxy groups -OCH3 is 1. The fourth-order valence-corrected chi connectivity index (χ4v) is 4.51. The molecule has 4 rings (SSSR count). The molecule has 1 saturated heterocycles. The number of anilines is 1. The lowest BCUT2D eigenvalue weighted by Gasteiger charge is -2.22. The van der Waals surface area contributed by atoms with Crippen molar-refractivity contribution in [2.45, 2.75) is 32.2 Å². The van der Waals surface area contributed by atoms with E-state index in [1.807, 2.05) is 60.4 Å². The normalized spacial score (nSPS) is 15.7. The van der Waals surface area contributed by atoms with Crippen LogP contribution in [-0.4, -0.2) is 40.6 Å². The molecule has 0 unspecified atom stereocenters. The van der Waals surface area contributed by atoms with Gasteiger partial charge in [0, 0.05) is 12.2 Å². The quantitative estimate of drug-likeness (QED) is 0.631. The van der Waals surface area contributed by atoms with Crippen molar-refractivity contribution in [3.63, 3.8) is 0 Å². The molecule has 3 aromatic rings. The highest BCUT2D eigenvalue weighted by atomic mass is 32.1. The molecule has 7 nitrogen and oxygen atoms in total. The molecular formula is C23H24N4O3S. The minimum Gasteiger partial charge on any atom is -0.497 e. The lowest BCUT2D eigenvalue weighted by Crippen LogP contribution is -2.31. The van der Waals surface area contributed by atoms with Gasteiger partial charge in [0.25, 0.3) is 5.91 Å². The van der Waals surface area contributed by atoms with Crippen molar-refractivity contribution in [3.05, 3.63) is 69.7 Å². The van der Waals surface area contributed by atoms with Crippen LogP contribution >= 0.6 is 11.3 Å². The zero-order valence-electron chi connectivity index (χ0n) is 17.5. The SMILES string of the molecule is COc1ccc(CC(=O)N2CCC[C@@H]2c2nnc(C(=O)Nc3ccc(C)cc3)s2)cc1. The third kappa shape index (κ3) is 4.91. The van der Waals surface area contributed by atoms with Gasteiger partial charge in [-0.15, -0.1) is 10.2 Å². The first-order valence-corrected chi connectivity index (χ1v) is 11.0. The van der Waals surface area contributed by atoms with E-state index in [2.05, 4.69) is 15.5 Å². The first kappa shape index (κ1) is 21.0. The molecular weight excluding hydrogens is 412 g/mol. The Morgan fingerprint density at radius 3 is 2.58 bits per heavy atom. The van der Waals surface area contributed by atoms with Gasteiger partial charge in [-0.25, -0.2) is 0 Å². The Morgan fingerprint density at radius 2 is 1.87 bits per heavy atom. The molecule has 1 N–H and O–H groups in total. The first-order chi connectivity index (χ1) is 15.0. The maximum absolute atomic E-state index is 12.9. The third-order valence-electron chi connectivity index (χ3n) is 5.32. The number of amides is 2. The minimum absolute atomic E-state index is 0.0496. The van der Waals surface area contributed by atoms with Crippen LogP contribution in [0.5, 0.6) is 5.75 Å². The number of likely N-dealkylation sites (tertiary alicyclic amines) is 1. The number of nitrogens with one attached hydrogen (secondary N) is 1. The topological polar surface area (TPSA) is 84.4 Å². The van der Waals surface area contributed by atoms with E-state index in [1.54, 1.807) is 7.11 Å². The Labute approximate surface area is 185 Å². The molecule has 160 valence electrons. The largest absolute Gasteiger partial charge is 0.497 e. The van der Waals surface area contributed by atoms with Crippen LogP contribution in [0.1, 0.15) is 44.8 Å². The highest BCUT2D eigenvalue weighted by Gasteiger charge is 2.33. The number of aryl methyl sites for hydroxylation is 1. The van der Waals surface area contributed by atoms with Gasteiger partial charge in [-0.05, 0) is 49.6 Å². The molecule has 8 heteroatoms. The van der Waals surface area contributed by atoms with Gasteiger partial charge in [0.15, 0.2) is 0 Å². The van der Waals surface area contributed by atoms with Crippen LogP contribution in [0.2, 0.25) is 0 Å². The number of nitrogens with zero attached hydrogens (tertiary/aromatic N) is 3. The average Bonchev–Trinajstić information content (AvgIpc) is 3.45. The second-order valence-electron chi connectivity index (χ2n) is 7.54. The molecule has 2 aromatic carbocycles. The summed E-state index contributed by atoms with van der Waals surface area (Å²) in [4.78, 5) is 27.3. The fourth-order valence-electron chi connectivity index (χ4n) is 3.62. The number of aromatic nitrogens is 2. The summed E-state index contributed by atoms with van der Waals surface area (Å²) >= 11 is 1.25. The fraction of sp³-hybridized carbons (Fsp3) is 0.304. The van der Waals surface area contributed by atoms with Crippen LogP contribution in [-0.2, 0) is 11.2 Å². The van der Waals surface area contributed by atoms with E-state index in [4.69, 9.17) is 4.74 Å². The zero-order valence-corrected chi connectivity index (χ0v) is 18.3. The predicted molar refractivity (Wildman–Crippen MR) is 119 cm³/mol. The Morgan fingerprint density at radius 1 is 1.13 bits per heavy atom. The highest BCUT2D eigenvalue weighted by Crippen LogP contribution is 2.34. The van der Waals surface area contributed by atoms with Crippen LogP contribution in [0.25, 0.3) is 0 Å². The summed E-state index contributed by atoms with van der Waals surface area (Å²) in [6.07, 6.45) is 2.05. The monoisotopic (exact) mass is 436 g/mol. The standard InChI is InChI=1S/C23H24N4O3S/c1-15-5-9-17(10-6-15)24-21(29)23-26-25-22(31-23)19-4-3-13-27(19)20(28)14-16-7-11-18(30-2)12-8-16/h5-12,19H,3-4,13-14H2,1-2H3,(H,24,29)/t19-/m1/s1. The average molecular weight is 437 g/mol. The van der Waals surface area contributed by atoms with E-state index in [0.717, 1.165) is 29.7 Å². The van der Waals surface area contributed by atoms with Crippen molar-refractivity contribution in [2.24, 2.45) is 0 Å². The van der Waals surface area contributed by atoms with Crippen LogP contribution in [0.3, 0.4) is 0 Å². The molecule has 0 radical (unpaired) electrons. The lowest BCUT2D eigenvalue weighted by molar-refractivity contribution is -0.131. The molecule has 2 heterocycles. The lowest BCUT2D eigenvalue weighted by atomic mass is 10.1. The zero-order chi connectivity index (χ0) is 21.8. The molecule has 0 saturated carbocycles. The first-order valence-electron chi connectivity index (χ1n) is 10.2. The van der Waals surface area contributed by atoms with Gasteiger partial charge in [0.2, 0.25) is 10.9 Å². The Kier molecular flexibility index (Phi) is 6.27. The molecule has 31 heavy (non-hydrogen) atoms. The molecule has 1 aliphatic heterocycles. The summed E-state index contributed by atoms with van der Waals surface area (Å²) in [6.45, 7) is 2.68. The van der Waals surface area contributed by atoms with E-state index in [-0.39, 0.29) is 17.9 Å². The van der Waals surface area contributed by atoms with E-state index in [1.165, 1.54) is 11.3 Å². The van der Waals surface area contributed by atoms with Gasteiger partial charge >= 0.3 is 0 Å². The highest BCUT2D eigenvalue weighted by molar-refractivity contribution is 7.13. The van der Waals surface area contributed by atoms with Crippen molar-refractivity contribution in [1.82, 2.24) is 15.1 Å². The maximum atomic E-state index is 12.9. The molecule has 0 bridgehead atoms. The number of hydrogen-bond donors (Lipinski definition) is 1. The third-order valence-corrected chi connectivity index (χ3v) is 6.34. The minimum atomic E-state index is -0.290. The molecule has 2 amide bonds. The second-order valence-corrected chi connectivity index (χ2v) is 8.54. The van der Waals surface area contributed by atoms with Crippen LogP contribution < -0.4 is 10.1 Å². The van der Waals surface area contributed by atoms with Gasteiger partial charge < -0.3 is 15.0 Å². The maximum Gasteiger partial charge on any atom is 0.286 e. The van der Waals surface area contributed by atoms with Gasteiger partial charge in [0.1, 0.15) is 10.8 Å². The number of hydrogen-bond acceptors (Lipinski definition) is 6. The van der Waals surface area contributed by atoms with Gasteiger partial charge in [-0.1, -0.05) is 41.2 Å². The van der Waals surface area contributed by atoms with Gasteiger partial charge in [-0.3, -0.25) is 9.59 Å². The van der Waals surface area contributed by atoms with Crippen LogP contribution in [0.15, 0.2) is 48.5 Å². The van der Waals surface area contributed by atoms with Crippen molar-refractivity contribution >= 4 is 28.8 Å². The van der Waals surface area contributed by atoms with E-state index < -0.39 is 0 Å². The van der Waals surface area contributed by atoms with Crippen LogP contribution in [0, 0.1) is 6.92 Å². The van der Waals surface area contributed by atoms with Crippen LogP contribution in [0.4, 0.5) is 5.69 Å². The smallest absolute Gasteiger partial charge is 0.286 e. The van der Waals surface area contributed by atoms with E-state index >= 15 is 0 Å². The summed E-state index contributed by atoms with van der Waals surface area (Å²) < 4.78 is 5.17. The van der Waals surface area contributed by atoms with E-state index in [0.29, 0.717) is 28.7 Å². The Balaban J connectivity index is 1.42. The summed E-state index contributed by atoms with van der Waals surface area (Å²) in [5.74, 6) is 0.524. The molecule has 1 fully saturated rings. The number of carbonyl (C=O) groups is 2.